The van der Waals surface area contributed by atoms with E-state index in [0.717, 1.165) is 19.6 Å². The Balaban J connectivity index is 1.60. The van der Waals surface area contributed by atoms with Gasteiger partial charge in [0.05, 0.1) is 0 Å². The first-order valence-electron chi connectivity index (χ1n) is 6.79. The average Bonchev–Trinajstić information content (AvgIpc) is 2.97. The Kier molecular flexibility index (Phi) is 3.58. The number of fused-ring (bicyclic) bond motifs is 1. The standard InChI is InChI=1S/C16H20N2S/c1-12-10-19-11-15(12)9-17-8-13-3-4-16-14(7-13)5-6-18(16)2/h3-4,7,10-11,17H,5-6,8-9H2,1-2H3. The Labute approximate surface area is 119 Å². The summed E-state index contributed by atoms with van der Waals surface area (Å²) in [4.78, 5) is 2.33. The Morgan fingerprint density at radius 3 is 2.95 bits per heavy atom. The van der Waals surface area contributed by atoms with Gasteiger partial charge in [0.2, 0.25) is 0 Å². The van der Waals surface area contributed by atoms with Gasteiger partial charge in [-0.15, -0.1) is 0 Å². The predicted molar refractivity (Wildman–Crippen MR) is 83.0 cm³/mol. The lowest BCUT2D eigenvalue weighted by atomic mass is 10.1. The summed E-state index contributed by atoms with van der Waals surface area (Å²) in [5.74, 6) is 0. The lowest BCUT2D eigenvalue weighted by molar-refractivity contribution is 0.692. The molecule has 2 nitrogen and oxygen atoms in total. The molecule has 0 saturated carbocycles. The van der Waals surface area contributed by atoms with Gasteiger partial charge in [-0.05, 0) is 52.4 Å². The lowest BCUT2D eigenvalue weighted by Gasteiger charge is -2.12. The van der Waals surface area contributed by atoms with Crippen LogP contribution in [0.4, 0.5) is 5.69 Å². The molecule has 1 aliphatic heterocycles. The summed E-state index contributed by atoms with van der Waals surface area (Å²) < 4.78 is 0. The maximum atomic E-state index is 3.54. The monoisotopic (exact) mass is 272 g/mol. The Morgan fingerprint density at radius 1 is 1.26 bits per heavy atom. The zero-order chi connectivity index (χ0) is 13.2. The lowest BCUT2D eigenvalue weighted by Crippen LogP contribution is -2.13. The SMILES string of the molecule is Cc1cscc1CNCc1ccc2c(c1)CCN2C. The number of thiophene rings is 1. The van der Waals surface area contributed by atoms with Crippen molar-refractivity contribution in [3.63, 3.8) is 0 Å². The van der Waals surface area contributed by atoms with Crippen molar-refractivity contribution in [2.45, 2.75) is 26.4 Å². The molecule has 2 heterocycles. The number of likely N-dealkylation sites (N-methyl/N-ethyl adjacent to an activating group) is 1. The fourth-order valence-electron chi connectivity index (χ4n) is 2.64. The topological polar surface area (TPSA) is 15.3 Å². The van der Waals surface area contributed by atoms with Crippen molar-refractivity contribution in [3.05, 3.63) is 51.2 Å². The number of hydrogen-bond donors (Lipinski definition) is 1. The normalized spacial score (nSPS) is 13.9. The van der Waals surface area contributed by atoms with E-state index in [1.54, 1.807) is 11.3 Å². The minimum absolute atomic E-state index is 0.951. The van der Waals surface area contributed by atoms with Gasteiger partial charge in [0.1, 0.15) is 0 Å². The van der Waals surface area contributed by atoms with Crippen molar-refractivity contribution in [2.24, 2.45) is 0 Å². The molecule has 1 aromatic carbocycles. The largest absolute Gasteiger partial charge is 0.374 e. The highest BCUT2D eigenvalue weighted by atomic mass is 32.1. The van der Waals surface area contributed by atoms with Crippen molar-refractivity contribution in [1.82, 2.24) is 5.32 Å². The summed E-state index contributed by atoms with van der Waals surface area (Å²) in [7, 11) is 2.17. The van der Waals surface area contributed by atoms with E-state index in [1.165, 1.54) is 34.4 Å². The number of benzene rings is 1. The fourth-order valence-corrected chi connectivity index (χ4v) is 3.50. The second kappa shape index (κ2) is 5.35. The van der Waals surface area contributed by atoms with Crippen LogP contribution in [0.15, 0.2) is 29.0 Å². The molecule has 1 aromatic heterocycles. The quantitative estimate of drug-likeness (QED) is 0.918. The summed E-state index contributed by atoms with van der Waals surface area (Å²) >= 11 is 1.78. The van der Waals surface area contributed by atoms with Gasteiger partial charge in [-0.1, -0.05) is 12.1 Å². The van der Waals surface area contributed by atoms with E-state index in [9.17, 15) is 0 Å². The van der Waals surface area contributed by atoms with Gasteiger partial charge in [0.25, 0.3) is 0 Å². The molecule has 3 rings (SSSR count). The molecule has 0 amide bonds. The van der Waals surface area contributed by atoms with Gasteiger partial charge in [0.15, 0.2) is 0 Å². The van der Waals surface area contributed by atoms with Crippen molar-refractivity contribution in [2.75, 3.05) is 18.5 Å². The highest BCUT2D eigenvalue weighted by Gasteiger charge is 2.15. The molecular formula is C16H20N2S. The number of nitrogens with one attached hydrogen (secondary N) is 1. The third kappa shape index (κ3) is 2.67. The Hall–Kier alpha value is -1.32. The van der Waals surface area contributed by atoms with E-state index in [2.05, 4.69) is 53.1 Å². The van der Waals surface area contributed by atoms with Crippen LogP contribution in [0.3, 0.4) is 0 Å². The van der Waals surface area contributed by atoms with Gasteiger partial charge in [-0.25, -0.2) is 0 Å². The Morgan fingerprint density at radius 2 is 2.16 bits per heavy atom. The molecule has 1 N–H and O–H groups in total. The molecule has 19 heavy (non-hydrogen) atoms. The van der Waals surface area contributed by atoms with E-state index in [-0.39, 0.29) is 0 Å². The van der Waals surface area contributed by atoms with Crippen LogP contribution in [0.5, 0.6) is 0 Å². The Bertz CT molecular complexity index is 574. The zero-order valence-corrected chi connectivity index (χ0v) is 12.4. The second-order valence-electron chi connectivity index (χ2n) is 5.32. The molecule has 0 unspecified atom stereocenters. The first kappa shape index (κ1) is 12.7. The fraction of sp³-hybridized carbons (Fsp3) is 0.375. The van der Waals surface area contributed by atoms with Crippen LogP contribution in [-0.4, -0.2) is 13.6 Å². The van der Waals surface area contributed by atoms with Crippen LogP contribution in [0.1, 0.15) is 22.3 Å². The van der Waals surface area contributed by atoms with Crippen LogP contribution in [0, 0.1) is 6.92 Å². The van der Waals surface area contributed by atoms with Gasteiger partial charge in [0, 0.05) is 32.4 Å². The van der Waals surface area contributed by atoms with Crippen molar-refractivity contribution in [1.29, 1.82) is 0 Å². The first-order valence-corrected chi connectivity index (χ1v) is 7.73. The molecule has 0 bridgehead atoms. The molecule has 2 aromatic rings. The van der Waals surface area contributed by atoms with Crippen molar-refractivity contribution >= 4 is 17.0 Å². The molecule has 0 fully saturated rings. The van der Waals surface area contributed by atoms with Crippen LogP contribution >= 0.6 is 11.3 Å². The zero-order valence-electron chi connectivity index (χ0n) is 11.6. The maximum absolute atomic E-state index is 3.54. The van der Waals surface area contributed by atoms with Crippen LogP contribution in [0.25, 0.3) is 0 Å². The van der Waals surface area contributed by atoms with E-state index >= 15 is 0 Å². The predicted octanol–water partition coefficient (Wildman–Crippen LogP) is 3.34. The molecule has 0 atom stereocenters. The van der Waals surface area contributed by atoms with Gasteiger partial charge < -0.3 is 10.2 Å². The summed E-state index contributed by atoms with van der Waals surface area (Å²) in [6, 6.07) is 6.86. The van der Waals surface area contributed by atoms with Gasteiger partial charge in [-0.2, -0.15) is 11.3 Å². The summed E-state index contributed by atoms with van der Waals surface area (Å²) in [6.45, 7) is 5.25. The number of rotatable bonds is 4. The molecule has 0 saturated heterocycles. The van der Waals surface area contributed by atoms with Gasteiger partial charge >= 0.3 is 0 Å². The van der Waals surface area contributed by atoms with Gasteiger partial charge in [-0.3, -0.25) is 0 Å². The van der Waals surface area contributed by atoms with E-state index in [1.807, 2.05) is 0 Å². The third-order valence-corrected chi connectivity index (χ3v) is 4.79. The molecule has 0 aliphatic carbocycles. The average molecular weight is 272 g/mol. The number of hydrogen-bond acceptors (Lipinski definition) is 3. The number of nitrogens with zero attached hydrogens (tertiary/aromatic N) is 1. The summed E-state index contributed by atoms with van der Waals surface area (Å²) in [5.41, 5.74) is 7.10. The highest BCUT2D eigenvalue weighted by molar-refractivity contribution is 7.08. The van der Waals surface area contributed by atoms with E-state index in [4.69, 9.17) is 0 Å². The summed E-state index contributed by atoms with van der Waals surface area (Å²) in [5, 5.41) is 7.99. The minimum Gasteiger partial charge on any atom is -0.374 e. The second-order valence-corrected chi connectivity index (χ2v) is 6.06. The van der Waals surface area contributed by atoms with E-state index < -0.39 is 0 Å². The highest BCUT2D eigenvalue weighted by Crippen LogP contribution is 2.27. The molecular weight excluding hydrogens is 252 g/mol. The minimum atomic E-state index is 0.951. The smallest absolute Gasteiger partial charge is 0.0397 e. The summed E-state index contributed by atoms with van der Waals surface area (Å²) in [6.07, 6.45) is 1.18. The number of anilines is 1. The van der Waals surface area contributed by atoms with Crippen molar-refractivity contribution < 1.29 is 0 Å². The van der Waals surface area contributed by atoms with Crippen LogP contribution < -0.4 is 10.2 Å². The molecule has 100 valence electrons. The first-order chi connectivity index (χ1) is 9.24. The molecule has 1 aliphatic rings. The molecule has 0 radical (unpaired) electrons. The maximum Gasteiger partial charge on any atom is 0.0397 e. The van der Waals surface area contributed by atoms with Crippen LogP contribution in [-0.2, 0) is 19.5 Å². The molecule has 3 heteroatoms. The molecule has 0 spiro atoms. The van der Waals surface area contributed by atoms with Crippen molar-refractivity contribution in [3.8, 4) is 0 Å². The third-order valence-electron chi connectivity index (χ3n) is 3.88. The van der Waals surface area contributed by atoms with Crippen LogP contribution in [0.2, 0.25) is 0 Å². The van der Waals surface area contributed by atoms with E-state index in [0.29, 0.717) is 0 Å². The number of aryl methyl sites for hydroxylation is 1.